The van der Waals surface area contributed by atoms with Crippen LogP contribution in [0.25, 0.3) is 0 Å². The van der Waals surface area contributed by atoms with Crippen molar-refractivity contribution in [3.8, 4) is 0 Å². The smallest absolute Gasteiger partial charge is 0.412 e. The van der Waals surface area contributed by atoms with Gasteiger partial charge in [-0.25, -0.2) is 9.18 Å². The molecule has 0 heterocycles. The Bertz CT molecular complexity index is 845. The van der Waals surface area contributed by atoms with Crippen molar-refractivity contribution in [2.75, 3.05) is 5.32 Å². The van der Waals surface area contributed by atoms with E-state index in [-0.39, 0.29) is 11.1 Å². The van der Waals surface area contributed by atoms with Crippen molar-refractivity contribution in [2.24, 2.45) is 0 Å². The van der Waals surface area contributed by atoms with Crippen molar-refractivity contribution in [1.82, 2.24) is 10.9 Å². The zero-order chi connectivity index (χ0) is 20.0. The van der Waals surface area contributed by atoms with E-state index in [9.17, 15) is 18.8 Å². The molecule has 0 aromatic heterocycles. The maximum absolute atomic E-state index is 13.5. The molecule has 0 aliphatic rings. The Morgan fingerprint density at radius 1 is 0.889 bits per heavy atom. The summed E-state index contributed by atoms with van der Waals surface area (Å²) in [6, 6.07) is 11.3. The minimum atomic E-state index is -0.773. The van der Waals surface area contributed by atoms with Gasteiger partial charge < -0.3 is 4.74 Å². The summed E-state index contributed by atoms with van der Waals surface area (Å²) in [5.41, 5.74) is 4.21. The Hall–Kier alpha value is -3.42. The molecule has 0 bridgehead atoms. The van der Waals surface area contributed by atoms with E-state index in [1.54, 1.807) is 20.8 Å². The SMILES string of the molecule is CC(C)(C)OC(=O)Nc1ccc(C(=O)NNC(=O)c2ccccc2F)cc1. The van der Waals surface area contributed by atoms with Crippen LogP contribution in [0.15, 0.2) is 48.5 Å². The first kappa shape index (κ1) is 19.9. The van der Waals surface area contributed by atoms with E-state index >= 15 is 0 Å². The van der Waals surface area contributed by atoms with Gasteiger partial charge in [-0.15, -0.1) is 0 Å². The second-order valence-corrected chi connectivity index (χ2v) is 6.59. The number of ether oxygens (including phenoxy) is 1. The van der Waals surface area contributed by atoms with Crippen LogP contribution >= 0.6 is 0 Å². The van der Waals surface area contributed by atoms with Crippen molar-refractivity contribution in [1.29, 1.82) is 0 Å². The molecular weight excluding hydrogens is 353 g/mol. The number of nitrogens with one attached hydrogen (secondary N) is 3. The lowest BCUT2D eigenvalue weighted by Gasteiger charge is -2.19. The molecule has 2 aromatic rings. The molecule has 2 rings (SSSR count). The summed E-state index contributed by atoms with van der Waals surface area (Å²) < 4.78 is 18.6. The topological polar surface area (TPSA) is 96.5 Å². The molecule has 142 valence electrons. The molecule has 0 spiro atoms. The molecule has 0 radical (unpaired) electrons. The zero-order valence-corrected chi connectivity index (χ0v) is 15.1. The van der Waals surface area contributed by atoms with Crippen LogP contribution in [0.3, 0.4) is 0 Å². The second kappa shape index (κ2) is 8.31. The normalized spacial score (nSPS) is 10.7. The minimum Gasteiger partial charge on any atom is -0.444 e. The van der Waals surface area contributed by atoms with Crippen molar-refractivity contribution in [3.63, 3.8) is 0 Å². The van der Waals surface area contributed by atoms with Crippen molar-refractivity contribution in [2.45, 2.75) is 26.4 Å². The van der Waals surface area contributed by atoms with E-state index < -0.39 is 29.3 Å². The van der Waals surface area contributed by atoms with E-state index in [2.05, 4.69) is 16.2 Å². The van der Waals surface area contributed by atoms with E-state index in [1.807, 2.05) is 0 Å². The maximum Gasteiger partial charge on any atom is 0.412 e. The van der Waals surface area contributed by atoms with E-state index in [0.717, 1.165) is 6.07 Å². The minimum absolute atomic E-state index is 0.185. The Morgan fingerprint density at radius 2 is 1.48 bits per heavy atom. The van der Waals surface area contributed by atoms with Crippen LogP contribution in [0.5, 0.6) is 0 Å². The van der Waals surface area contributed by atoms with Crippen molar-refractivity contribution in [3.05, 3.63) is 65.5 Å². The number of carbonyl (C=O) groups is 3. The summed E-state index contributed by atoms with van der Waals surface area (Å²) in [5, 5.41) is 2.54. The van der Waals surface area contributed by atoms with E-state index in [1.165, 1.54) is 42.5 Å². The second-order valence-electron chi connectivity index (χ2n) is 6.59. The number of amides is 3. The summed E-state index contributed by atoms with van der Waals surface area (Å²) in [6.07, 6.45) is -0.614. The quantitative estimate of drug-likeness (QED) is 0.720. The van der Waals surface area contributed by atoms with Crippen LogP contribution in [0.2, 0.25) is 0 Å². The van der Waals surface area contributed by atoms with Gasteiger partial charge in [0.1, 0.15) is 11.4 Å². The molecule has 3 amide bonds. The van der Waals surface area contributed by atoms with E-state index in [0.29, 0.717) is 5.69 Å². The predicted molar refractivity (Wildman–Crippen MR) is 97.6 cm³/mol. The van der Waals surface area contributed by atoms with Crippen molar-refractivity contribution < 1.29 is 23.5 Å². The van der Waals surface area contributed by atoms with Gasteiger partial charge in [0.05, 0.1) is 5.56 Å². The molecule has 3 N–H and O–H groups in total. The van der Waals surface area contributed by atoms with Crippen LogP contribution in [0.4, 0.5) is 14.9 Å². The number of hydrogen-bond acceptors (Lipinski definition) is 4. The van der Waals surface area contributed by atoms with Gasteiger partial charge in [0.15, 0.2) is 0 Å². The standard InChI is InChI=1S/C19H20FN3O4/c1-19(2,3)27-18(26)21-13-10-8-12(9-11-13)16(24)22-23-17(25)14-6-4-5-7-15(14)20/h4-11H,1-3H3,(H,21,26)(H,22,24)(H,23,25). The highest BCUT2D eigenvalue weighted by atomic mass is 19.1. The maximum atomic E-state index is 13.5. The monoisotopic (exact) mass is 373 g/mol. The van der Waals surface area contributed by atoms with E-state index in [4.69, 9.17) is 4.74 Å². The summed E-state index contributed by atoms with van der Waals surface area (Å²) in [5.74, 6) is -2.06. The molecule has 0 saturated carbocycles. The Morgan fingerprint density at radius 3 is 2.07 bits per heavy atom. The highest BCUT2D eigenvalue weighted by Crippen LogP contribution is 2.13. The van der Waals surface area contributed by atoms with Crippen LogP contribution in [0, 0.1) is 5.82 Å². The van der Waals surface area contributed by atoms with Crippen LogP contribution < -0.4 is 16.2 Å². The first-order valence-electron chi connectivity index (χ1n) is 8.11. The van der Waals surface area contributed by atoms with Gasteiger partial charge in [-0.2, -0.15) is 0 Å². The molecule has 0 aliphatic heterocycles. The number of anilines is 1. The lowest BCUT2D eigenvalue weighted by Crippen LogP contribution is -2.41. The third kappa shape index (κ3) is 6.10. The lowest BCUT2D eigenvalue weighted by molar-refractivity contribution is 0.0635. The summed E-state index contributed by atoms with van der Waals surface area (Å²) in [4.78, 5) is 35.6. The number of rotatable bonds is 3. The predicted octanol–water partition coefficient (Wildman–Crippen LogP) is 3.25. The molecule has 7 nitrogen and oxygen atoms in total. The molecule has 0 saturated heterocycles. The molecule has 27 heavy (non-hydrogen) atoms. The van der Waals surface area contributed by atoms with Gasteiger partial charge in [-0.3, -0.25) is 25.8 Å². The summed E-state index contributed by atoms with van der Waals surface area (Å²) in [6.45, 7) is 5.24. The fraction of sp³-hybridized carbons (Fsp3) is 0.211. The molecule has 8 heteroatoms. The van der Waals surface area contributed by atoms with Gasteiger partial charge >= 0.3 is 6.09 Å². The third-order valence-electron chi connectivity index (χ3n) is 3.20. The fourth-order valence-electron chi connectivity index (χ4n) is 2.02. The Kier molecular flexibility index (Phi) is 6.12. The first-order valence-corrected chi connectivity index (χ1v) is 8.11. The highest BCUT2D eigenvalue weighted by Gasteiger charge is 2.16. The average molecular weight is 373 g/mol. The first-order chi connectivity index (χ1) is 12.7. The van der Waals surface area contributed by atoms with Crippen LogP contribution in [-0.2, 0) is 4.74 Å². The van der Waals surface area contributed by atoms with Gasteiger partial charge in [0, 0.05) is 11.3 Å². The fourth-order valence-corrected chi connectivity index (χ4v) is 2.02. The molecule has 0 fully saturated rings. The largest absolute Gasteiger partial charge is 0.444 e. The van der Waals surface area contributed by atoms with Gasteiger partial charge in [-0.05, 0) is 57.2 Å². The molecule has 2 aromatic carbocycles. The zero-order valence-electron chi connectivity index (χ0n) is 15.1. The van der Waals surface area contributed by atoms with Crippen molar-refractivity contribution >= 4 is 23.6 Å². The highest BCUT2D eigenvalue weighted by molar-refractivity contribution is 5.99. The molecule has 0 unspecified atom stereocenters. The van der Waals surface area contributed by atoms with Crippen LogP contribution in [-0.4, -0.2) is 23.5 Å². The Labute approximate surface area is 155 Å². The molecule has 0 atom stereocenters. The summed E-state index contributed by atoms with van der Waals surface area (Å²) >= 11 is 0. The molecular formula is C19H20FN3O4. The van der Waals surface area contributed by atoms with Gasteiger partial charge in [0.25, 0.3) is 11.8 Å². The van der Waals surface area contributed by atoms with Gasteiger partial charge in [0.2, 0.25) is 0 Å². The average Bonchev–Trinajstić information content (AvgIpc) is 2.58. The number of carbonyl (C=O) groups excluding carboxylic acids is 3. The lowest BCUT2D eigenvalue weighted by atomic mass is 10.2. The summed E-state index contributed by atoms with van der Waals surface area (Å²) in [7, 11) is 0. The number of hydrazine groups is 1. The van der Waals surface area contributed by atoms with Crippen LogP contribution in [0.1, 0.15) is 41.5 Å². The van der Waals surface area contributed by atoms with Gasteiger partial charge in [-0.1, -0.05) is 12.1 Å². The molecule has 0 aliphatic carbocycles. The number of halogens is 1. The number of hydrogen-bond donors (Lipinski definition) is 3. The third-order valence-corrected chi connectivity index (χ3v) is 3.20. The Balaban J connectivity index is 1.91. The number of benzene rings is 2.